The molecule has 1 N–H and O–H groups in total. The maximum Gasteiger partial charge on any atom is 0.344 e. The highest BCUT2D eigenvalue weighted by Crippen LogP contribution is 2.34. The largest absolute Gasteiger partial charge is 0.479 e. The predicted molar refractivity (Wildman–Crippen MR) is 62.3 cm³/mol. The summed E-state index contributed by atoms with van der Waals surface area (Å²) in [6.45, 7) is 1.39. The second kappa shape index (κ2) is 5.32. The lowest BCUT2D eigenvalue weighted by Crippen LogP contribution is -2.23. The Balaban J connectivity index is 3.05. The molecule has 4 nitrogen and oxygen atoms in total. The third-order valence-electron chi connectivity index (χ3n) is 1.80. The number of rotatable bonds is 4. The number of carbonyl (C=O) groups is 2. The summed E-state index contributed by atoms with van der Waals surface area (Å²) in [6, 6.07) is 2.91. The van der Waals surface area contributed by atoms with Crippen LogP contribution in [0.25, 0.3) is 0 Å². The van der Waals surface area contributed by atoms with E-state index in [2.05, 4.69) is 15.9 Å². The van der Waals surface area contributed by atoms with Crippen LogP contribution in [0.15, 0.2) is 16.6 Å². The number of hydrogen-bond donors (Lipinski definition) is 1. The maximum absolute atomic E-state index is 10.6. The van der Waals surface area contributed by atoms with E-state index in [1.165, 1.54) is 19.1 Å². The summed E-state index contributed by atoms with van der Waals surface area (Å²) in [4.78, 5) is 21.1. The van der Waals surface area contributed by atoms with Gasteiger partial charge in [-0.3, -0.25) is 4.79 Å². The zero-order valence-electron chi connectivity index (χ0n) is 8.24. The SMILES string of the molecule is CC(Oc1c(Cl)cc(C=O)cc1Br)C(=O)O. The third kappa shape index (κ3) is 2.96. The van der Waals surface area contributed by atoms with Gasteiger partial charge < -0.3 is 9.84 Å². The van der Waals surface area contributed by atoms with E-state index in [0.29, 0.717) is 16.3 Å². The zero-order chi connectivity index (χ0) is 12.3. The standard InChI is InChI=1S/C10H8BrClO4/c1-5(10(14)15)16-9-7(11)2-6(4-13)3-8(9)12/h2-5H,1H3,(H,14,15). The first kappa shape index (κ1) is 13.0. The van der Waals surface area contributed by atoms with Gasteiger partial charge in [0.25, 0.3) is 0 Å². The van der Waals surface area contributed by atoms with Crippen LogP contribution in [0.4, 0.5) is 0 Å². The number of carbonyl (C=O) groups excluding carboxylic acids is 1. The van der Waals surface area contributed by atoms with Crippen LogP contribution in [0.1, 0.15) is 17.3 Å². The quantitative estimate of drug-likeness (QED) is 0.869. The molecule has 1 unspecified atom stereocenters. The summed E-state index contributed by atoms with van der Waals surface area (Å²) in [5, 5.41) is 8.87. The minimum absolute atomic E-state index is 0.185. The van der Waals surface area contributed by atoms with Crippen LogP contribution in [0.2, 0.25) is 5.02 Å². The van der Waals surface area contributed by atoms with E-state index < -0.39 is 12.1 Å². The summed E-state index contributed by atoms with van der Waals surface area (Å²) in [6.07, 6.45) is -0.378. The van der Waals surface area contributed by atoms with Gasteiger partial charge in [0.05, 0.1) is 9.50 Å². The highest BCUT2D eigenvalue weighted by molar-refractivity contribution is 9.10. The van der Waals surface area contributed by atoms with Crippen LogP contribution in [0, 0.1) is 0 Å². The van der Waals surface area contributed by atoms with Crippen LogP contribution in [0.5, 0.6) is 5.75 Å². The van der Waals surface area contributed by atoms with E-state index >= 15 is 0 Å². The number of carboxylic acid groups (broad SMARTS) is 1. The zero-order valence-corrected chi connectivity index (χ0v) is 10.6. The molecule has 0 saturated carbocycles. The van der Waals surface area contributed by atoms with Crippen molar-refractivity contribution in [2.45, 2.75) is 13.0 Å². The summed E-state index contributed by atoms with van der Waals surface area (Å²) in [5.74, 6) is -0.885. The Kier molecular flexibility index (Phi) is 4.32. The topological polar surface area (TPSA) is 63.6 Å². The van der Waals surface area contributed by atoms with Gasteiger partial charge in [0, 0.05) is 5.56 Å². The summed E-state index contributed by atoms with van der Waals surface area (Å²) < 4.78 is 5.58. The average molecular weight is 308 g/mol. The molecule has 0 heterocycles. The summed E-state index contributed by atoms with van der Waals surface area (Å²) >= 11 is 9.01. The number of hydrogen-bond acceptors (Lipinski definition) is 3. The molecule has 1 rings (SSSR count). The third-order valence-corrected chi connectivity index (χ3v) is 2.67. The van der Waals surface area contributed by atoms with Crippen molar-refractivity contribution in [2.24, 2.45) is 0 Å². The van der Waals surface area contributed by atoms with Gasteiger partial charge in [-0.05, 0) is 35.0 Å². The number of aldehydes is 1. The smallest absolute Gasteiger partial charge is 0.344 e. The number of halogens is 2. The van der Waals surface area contributed by atoms with Crippen molar-refractivity contribution in [3.05, 3.63) is 27.2 Å². The van der Waals surface area contributed by atoms with Crippen LogP contribution < -0.4 is 4.74 Å². The molecule has 1 aromatic rings. The lowest BCUT2D eigenvalue weighted by molar-refractivity contribution is -0.144. The molecule has 0 radical (unpaired) electrons. The minimum atomic E-state index is -1.09. The number of aliphatic carboxylic acids is 1. The Morgan fingerprint density at radius 2 is 2.25 bits per heavy atom. The van der Waals surface area contributed by atoms with E-state index in [1.807, 2.05) is 0 Å². The highest BCUT2D eigenvalue weighted by Gasteiger charge is 2.17. The fraction of sp³-hybridized carbons (Fsp3) is 0.200. The van der Waals surface area contributed by atoms with E-state index in [9.17, 15) is 9.59 Å². The fourth-order valence-corrected chi connectivity index (χ4v) is 1.95. The Labute approximate surface area is 105 Å². The van der Waals surface area contributed by atoms with Gasteiger partial charge in [-0.15, -0.1) is 0 Å². The Hall–Kier alpha value is -1.07. The molecule has 6 heteroatoms. The van der Waals surface area contributed by atoms with Gasteiger partial charge in [-0.25, -0.2) is 4.79 Å². The second-order valence-corrected chi connectivity index (χ2v) is 4.29. The second-order valence-electron chi connectivity index (χ2n) is 3.03. The molecule has 86 valence electrons. The predicted octanol–water partition coefficient (Wildman–Crippen LogP) is 2.77. The lowest BCUT2D eigenvalue weighted by atomic mass is 10.2. The Morgan fingerprint density at radius 1 is 1.62 bits per heavy atom. The average Bonchev–Trinajstić information content (AvgIpc) is 2.22. The summed E-state index contributed by atoms with van der Waals surface area (Å²) in [7, 11) is 0. The normalized spacial score (nSPS) is 11.9. The molecule has 0 spiro atoms. The highest BCUT2D eigenvalue weighted by atomic mass is 79.9. The van der Waals surface area contributed by atoms with Gasteiger partial charge in [-0.1, -0.05) is 11.6 Å². The van der Waals surface area contributed by atoms with E-state index in [-0.39, 0.29) is 10.8 Å². The molecule has 0 aliphatic carbocycles. The fourth-order valence-electron chi connectivity index (χ4n) is 0.987. The lowest BCUT2D eigenvalue weighted by Gasteiger charge is -2.13. The molecular formula is C10H8BrClO4. The molecule has 0 saturated heterocycles. The molecule has 0 fully saturated rings. The molecule has 0 aliphatic heterocycles. The van der Waals surface area contributed by atoms with Crippen molar-refractivity contribution in [1.29, 1.82) is 0 Å². The van der Waals surface area contributed by atoms with Gasteiger partial charge >= 0.3 is 5.97 Å². The molecule has 16 heavy (non-hydrogen) atoms. The van der Waals surface area contributed by atoms with Gasteiger partial charge in [0.1, 0.15) is 6.29 Å². The first-order chi connectivity index (χ1) is 7.45. The van der Waals surface area contributed by atoms with Crippen LogP contribution in [0.3, 0.4) is 0 Å². The molecule has 0 bridgehead atoms. The van der Waals surface area contributed by atoms with Crippen molar-refractivity contribution < 1.29 is 19.4 Å². The van der Waals surface area contributed by atoms with Crippen LogP contribution in [-0.2, 0) is 4.79 Å². The first-order valence-corrected chi connectivity index (χ1v) is 5.46. The van der Waals surface area contributed by atoms with Crippen molar-refractivity contribution >= 4 is 39.8 Å². The van der Waals surface area contributed by atoms with Gasteiger partial charge in [-0.2, -0.15) is 0 Å². The summed E-state index contributed by atoms with van der Waals surface area (Å²) in [5.41, 5.74) is 0.382. The maximum atomic E-state index is 10.6. The molecule has 0 amide bonds. The monoisotopic (exact) mass is 306 g/mol. The van der Waals surface area contributed by atoms with Crippen LogP contribution >= 0.6 is 27.5 Å². The first-order valence-electron chi connectivity index (χ1n) is 4.29. The molecule has 0 aromatic heterocycles. The van der Waals surface area contributed by atoms with Gasteiger partial charge in [0.15, 0.2) is 11.9 Å². The number of benzene rings is 1. The van der Waals surface area contributed by atoms with Crippen molar-refractivity contribution in [2.75, 3.05) is 0 Å². The van der Waals surface area contributed by atoms with Crippen molar-refractivity contribution in [1.82, 2.24) is 0 Å². The number of ether oxygens (including phenoxy) is 1. The molecule has 1 aromatic carbocycles. The molecular weight excluding hydrogens is 299 g/mol. The van der Waals surface area contributed by atoms with Gasteiger partial charge in [0.2, 0.25) is 0 Å². The van der Waals surface area contributed by atoms with E-state index in [4.69, 9.17) is 21.4 Å². The molecule has 1 atom stereocenters. The minimum Gasteiger partial charge on any atom is -0.479 e. The van der Waals surface area contributed by atoms with Crippen molar-refractivity contribution in [3.63, 3.8) is 0 Å². The number of carboxylic acids is 1. The Morgan fingerprint density at radius 3 is 2.69 bits per heavy atom. The van der Waals surface area contributed by atoms with E-state index in [1.54, 1.807) is 0 Å². The van der Waals surface area contributed by atoms with E-state index in [0.717, 1.165) is 0 Å². The van der Waals surface area contributed by atoms with Crippen molar-refractivity contribution in [3.8, 4) is 5.75 Å². The molecule has 0 aliphatic rings. The van der Waals surface area contributed by atoms with Crippen LogP contribution in [-0.4, -0.2) is 23.5 Å². The Bertz CT molecular complexity index is 410.